The summed E-state index contributed by atoms with van der Waals surface area (Å²) >= 11 is 0. The van der Waals surface area contributed by atoms with Gasteiger partial charge in [-0.3, -0.25) is 0 Å². The molecule has 0 aliphatic rings. The van der Waals surface area contributed by atoms with Crippen LogP contribution in [0.1, 0.15) is 79.1 Å². The van der Waals surface area contributed by atoms with Crippen molar-refractivity contribution in [2.24, 2.45) is 0 Å². The first-order valence-electron chi connectivity index (χ1n) is 12.5. The first kappa shape index (κ1) is 25.5. The molecule has 176 valence electrons. The number of hydrogen-bond donors (Lipinski definition) is 0. The number of hydrogen-bond acceptors (Lipinski definition) is 0. The molecule has 0 saturated carbocycles. The highest BCUT2D eigenvalue weighted by molar-refractivity contribution is 5.51. The molecule has 0 fully saturated rings. The molecule has 0 spiro atoms. The molecule has 0 aliphatic carbocycles. The lowest BCUT2D eigenvalue weighted by Gasteiger charge is -2.33. The molecule has 4 aromatic carbocycles. The summed E-state index contributed by atoms with van der Waals surface area (Å²) in [5.41, 5.74) is 10.2. The zero-order valence-corrected chi connectivity index (χ0v) is 22.2. The molecule has 0 heteroatoms. The van der Waals surface area contributed by atoms with E-state index in [0.717, 1.165) is 0 Å². The molecular weight excluding hydrogens is 408 g/mol. The van der Waals surface area contributed by atoms with Gasteiger partial charge in [0, 0.05) is 10.8 Å². The van der Waals surface area contributed by atoms with E-state index < -0.39 is 0 Å². The van der Waals surface area contributed by atoms with Crippen LogP contribution < -0.4 is 0 Å². The SMILES string of the molecule is CC.Cc1ccc(C(C)(C)c2ccc(C(C)(c3ccc(C)cc3)c3ccc(C)cc3)cc2)cc1. The van der Waals surface area contributed by atoms with Crippen LogP contribution in [-0.2, 0) is 10.8 Å². The second-order valence-electron chi connectivity index (χ2n) is 9.93. The summed E-state index contributed by atoms with van der Waals surface area (Å²) in [7, 11) is 0. The molecule has 0 nitrogen and oxygen atoms in total. The minimum atomic E-state index is -0.214. The Morgan fingerprint density at radius 2 is 0.559 bits per heavy atom. The van der Waals surface area contributed by atoms with Crippen LogP contribution in [0.2, 0.25) is 0 Å². The van der Waals surface area contributed by atoms with Crippen LogP contribution in [0.25, 0.3) is 0 Å². The van der Waals surface area contributed by atoms with Crippen molar-refractivity contribution < 1.29 is 0 Å². The quantitative estimate of drug-likeness (QED) is 0.267. The summed E-state index contributed by atoms with van der Waals surface area (Å²) < 4.78 is 0. The molecule has 0 bridgehead atoms. The van der Waals surface area contributed by atoms with Gasteiger partial charge in [0.25, 0.3) is 0 Å². The predicted molar refractivity (Wildman–Crippen MR) is 149 cm³/mol. The van der Waals surface area contributed by atoms with Crippen LogP contribution in [0.3, 0.4) is 0 Å². The molecule has 4 aromatic rings. The van der Waals surface area contributed by atoms with Gasteiger partial charge in [0.05, 0.1) is 0 Å². The minimum absolute atomic E-state index is 0.0453. The number of benzene rings is 4. The minimum Gasteiger partial charge on any atom is -0.0683 e. The standard InChI is InChI=1S/C32H34.C2H6/c1-23-7-13-26(14-8-23)31(4,5)27-19-21-30(22-20-27)32(6,28-15-9-24(2)10-16-28)29-17-11-25(3)12-18-29;1-2/h7-22H,1-6H3;1-2H3. The van der Waals surface area contributed by atoms with E-state index >= 15 is 0 Å². The van der Waals surface area contributed by atoms with Crippen molar-refractivity contribution in [3.8, 4) is 0 Å². The van der Waals surface area contributed by atoms with Crippen molar-refractivity contribution >= 4 is 0 Å². The molecular formula is C34H40. The maximum Gasteiger partial charge on any atom is 0.0423 e. The van der Waals surface area contributed by atoms with Crippen molar-refractivity contribution in [1.82, 2.24) is 0 Å². The van der Waals surface area contributed by atoms with Gasteiger partial charge in [-0.1, -0.05) is 141 Å². The predicted octanol–water partition coefficient (Wildman–Crippen LogP) is 9.32. The highest BCUT2D eigenvalue weighted by atomic mass is 14.3. The molecule has 0 aromatic heterocycles. The summed E-state index contributed by atoms with van der Waals surface area (Å²) in [6, 6.07) is 36.2. The molecule has 0 N–H and O–H groups in total. The van der Waals surface area contributed by atoms with Gasteiger partial charge in [-0.25, -0.2) is 0 Å². The van der Waals surface area contributed by atoms with E-state index in [1.807, 2.05) is 13.8 Å². The van der Waals surface area contributed by atoms with Crippen molar-refractivity contribution in [2.75, 3.05) is 0 Å². The molecule has 34 heavy (non-hydrogen) atoms. The summed E-state index contributed by atoms with van der Waals surface area (Å²) in [6.07, 6.45) is 0. The largest absolute Gasteiger partial charge is 0.0683 e. The average molecular weight is 449 g/mol. The molecule has 0 radical (unpaired) electrons. The fourth-order valence-electron chi connectivity index (χ4n) is 4.63. The van der Waals surface area contributed by atoms with Gasteiger partial charge in [0.15, 0.2) is 0 Å². The van der Waals surface area contributed by atoms with Crippen molar-refractivity contribution in [1.29, 1.82) is 0 Å². The molecule has 0 heterocycles. The van der Waals surface area contributed by atoms with E-state index in [2.05, 4.69) is 139 Å². The highest BCUT2D eigenvalue weighted by Crippen LogP contribution is 2.40. The van der Waals surface area contributed by atoms with Gasteiger partial charge >= 0.3 is 0 Å². The molecule has 0 saturated heterocycles. The van der Waals surface area contributed by atoms with E-state index in [0.29, 0.717) is 0 Å². The van der Waals surface area contributed by atoms with E-state index in [1.54, 1.807) is 0 Å². The average Bonchev–Trinajstić information content (AvgIpc) is 2.86. The van der Waals surface area contributed by atoms with Crippen LogP contribution in [0, 0.1) is 20.8 Å². The van der Waals surface area contributed by atoms with Crippen molar-refractivity contribution in [3.63, 3.8) is 0 Å². The van der Waals surface area contributed by atoms with Crippen LogP contribution in [0.5, 0.6) is 0 Å². The van der Waals surface area contributed by atoms with Crippen molar-refractivity contribution in [3.05, 3.63) is 142 Å². The normalized spacial score (nSPS) is 11.5. The molecule has 0 amide bonds. The molecule has 0 atom stereocenters. The third-order valence-corrected chi connectivity index (χ3v) is 7.22. The second-order valence-corrected chi connectivity index (χ2v) is 9.93. The van der Waals surface area contributed by atoms with Gasteiger partial charge in [0.1, 0.15) is 0 Å². The molecule has 0 unspecified atom stereocenters. The van der Waals surface area contributed by atoms with E-state index in [1.165, 1.54) is 44.5 Å². The third-order valence-electron chi connectivity index (χ3n) is 7.22. The Labute approximate surface area is 207 Å². The summed E-state index contributed by atoms with van der Waals surface area (Å²) in [5.74, 6) is 0. The van der Waals surface area contributed by atoms with E-state index in [-0.39, 0.29) is 10.8 Å². The lowest BCUT2D eigenvalue weighted by Crippen LogP contribution is -2.26. The Hall–Kier alpha value is -3.12. The van der Waals surface area contributed by atoms with Gasteiger partial charge in [0.2, 0.25) is 0 Å². The monoisotopic (exact) mass is 448 g/mol. The Balaban J connectivity index is 0.00000158. The summed E-state index contributed by atoms with van der Waals surface area (Å²) in [6.45, 7) is 17.4. The summed E-state index contributed by atoms with van der Waals surface area (Å²) in [4.78, 5) is 0. The number of aryl methyl sites for hydroxylation is 3. The molecule has 4 rings (SSSR count). The lowest BCUT2D eigenvalue weighted by atomic mass is 9.70. The first-order valence-corrected chi connectivity index (χ1v) is 12.5. The zero-order valence-electron chi connectivity index (χ0n) is 22.2. The maximum atomic E-state index is 2.35. The Bertz CT molecular complexity index is 1130. The Morgan fingerprint density at radius 3 is 0.853 bits per heavy atom. The topological polar surface area (TPSA) is 0 Å². The number of rotatable bonds is 5. The smallest absolute Gasteiger partial charge is 0.0423 e. The highest BCUT2D eigenvalue weighted by Gasteiger charge is 2.32. The van der Waals surface area contributed by atoms with Gasteiger partial charge in [-0.2, -0.15) is 0 Å². The summed E-state index contributed by atoms with van der Waals surface area (Å²) in [5, 5.41) is 0. The van der Waals surface area contributed by atoms with E-state index in [4.69, 9.17) is 0 Å². The Kier molecular flexibility index (Phi) is 7.82. The lowest BCUT2D eigenvalue weighted by molar-refractivity contribution is 0.637. The third kappa shape index (κ3) is 5.02. The van der Waals surface area contributed by atoms with Gasteiger partial charge in [-0.05, 0) is 55.5 Å². The van der Waals surface area contributed by atoms with Crippen LogP contribution in [-0.4, -0.2) is 0 Å². The molecule has 0 aliphatic heterocycles. The second kappa shape index (κ2) is 10.4. The van der Waals surface area contributed by atoms with E-state index in [9.17, 15) is 0 Å². The van der Waals surface area contributed by atoms with Crippen molar-refractivity contribution in [2.45, 2.75) is 66.2 Å². The fraction of sp³-hybridized carbons (Fsp3) is 0.294. The Morgan fingerprint density at radius 1 is 0.353 bits per heavy atom. The van der Waals surface area contributed by atoms with Gasteiger partial charge < -0.3 is 0 Å². The van der Waals surface area contributed by atoms with Crippen LogP contribution in [0.4, 0.5) is 0 Å². The van der Waals surface area contributed by atoms with Crippen LogP contribution in [0.15, 0.2) is 97.1 Å². The van der Waals surface area contributed by atoms with Crippen LogP contribution >= 0.6 is 0 Å². The van der Waals surface area contributed by atoms with Gasteiger partial charge in [-0.15, -0.1) is 0 Å². The first-order chi connectivity index (χ1) is 16.2. The fourth-order valence-corrected chi connectivity index (χ4v) is 4.63. The zero-order chi connectivity index (χ0) is 24.9. The maximum absolute atomic E-state index is 2.35.